The van der Waals surface area contributed by atoms with E-state index in [1.807, 2.05) is 0 Å². The Bertz CT molecular complexity index is 310. The van der Waals surface area contributed by atoms with E-state index < -0.39 is 0 Å². The number of carbonyl (C=O) groups is 1. The van der Waals surface area contributed by atoms with Crippen LogP contribution in [0.2, 0.25) is 0 Å². The van der Waals surface area contributed by atoms with Crippen LogP contribution in [-0.4, -0.2) is 17.9 Å². The fourth-order valence-corrected chi connectivity index (χ4v) is 1.60. The molecule has 0 N–H and O–H groups in total. The summed E-state index contributed by atoms with van der Waals surface area (Å²) >= 11 is 3.19. The Morgan fingerprint density at radius 2 is 2.07 bits per heavy atom. The molecule has 0 aromatic heterocycles. The number of hydrogen-bond acceptors (Lipinski definition) is 2. The fourth-order valence-electron chi connectivity index (χ4n) is 1.04. The van der Waals surface area contributed by atoms with Crippen LogP contribution in [0.3, 0.4) is 0 Å². The van der Waals surface area contributed by atoms with E-state index >= 15 is 0 Å². The van der Waals surface area contributed by atoms with E-state index in [4.69, 9.17) is 0 Å². The van der Waals surface area contributed by atoms with Crippen LogP contribution in [0.4, 0.5) is 4.39 Å². The molecule has 0 fully saturated rings. The number of hydrogen-bond donors (Lipinski definition) is 0. The zero-order chi connectivity index (χ0) is 10.6. The summed E-state index contributed by atoms with van der Waals surface area (Å²) in [5, 5.41) is 0. The Morgan fingerprint density at radius 3 is 2.57 bits per heavy atom. The van der Waals surface area contributed by atoms with Gasteiger partial charge in [-0.3, -0.25) is 4.79 Å². The van der Waals surface area contributed by atoms with Gasteiger partial charge in [0, 0.05) is 0 Å². The molecule has 1 aromatic carbocycles. The first-order valence-electron chi connectivity index (χ1n) is 4.10. The van der Waals surface area contributed by atoms with Crippen LogP contribution >= 0.6 is 15.9 Å². The van der Waals surface area contributed by atoms with Crippen molar-refractivity contribution in [2.24, 2.45) is 0 Å². The summed E-state index contributed by atoms with van der Waals surface area (Å²) in [4.78, 5) is 10.7. The van der Waals surface area contributed by atoms with Gasteiger partial charge >= 0.3 is 5.97 Å². The topological polar surface area (TPSA) is 26.3 Å². The lowest BCUT2D eigenvalue weighted by Crippen LogP contribution is -2.17. The SMILES string of the molecule is COC(=O)C(Br)Cc1ccc(F)cc1. The first-order valence-corrected chi connectivity index (χ1v) is 5.01. The van der Waals surface area contributed by atoms with Gasteiger partial charge in [0.1, 0.15) is 10.6 Å². The van der Waals surface area contributed by atoms with Gasteiger partial charge in [0.2, 0.25) is 0 Å². The van der Waals surface area contributed by atoms with Gasteiger partial charge in [-0.1, -0.05) is 28.1 Å². The van der Waals surface area contributed by atoms with Crippen molar-refractivity contribution < 1.29 is 13.9 Å². The molecule has 0 amide bonds. The van der Waals surface area contributed by atoms with Gasteiger partial charge in [-0.25, -0.2) is 4.39 Å². The van der Waals surface area contributed by atoms with Crippen LogP contribution in [-0.2, 0) is 16.0 Å². The Labute approximate surface area is 90.2 Å². The summed E-state index contributed by atoms with van der Waals surface area (Å²) < 4.78 is 17.1. The first kappa shape index (κ1) is 11.2. The summed E-state index contributed by atoms with van der Waals surface area (Å²) in [5.74, 6) is -0.604. The molecule has 1 atom stereocenters. The maximum absolute atomic E-state index is 12.5. The molecule has 1 rings (SSSR count). The maximum atomic E-state index is 12.5. The third-order valence-electron chi connectivity index (χ3n) is 1.79. The minimum Gasteiger partial charge on any atom is -0.468 e. The minimum atomic E-state index is -0.377. The number of alkyl halides is 1. The van der Waals surface area contributed by atoms with E-state index in [-0.39, 0.29) is 16.6 Å². The molecule has 1 aromatic rings. The summed E-state index contributed by atoms with van der Waals surface area (Å²) in [7, 11) is 1.33. The highest BCUT2D eigenvalue weighted by Gasteiger charge is 2.15. The predicted octanol–water partition coefficient (Wildman–Crippen LogP) is 2.30. The molecule has 76 valence electrons. The zero-order valence-electron chi connectivity index (χ0n) is 7.67. The molecular weight excluding hydrogens is 251 g/mol. The van der Waals surface area contributed by atoms with E-state index in [9.17, 15) is 9.18 Å². The number of ether oxygens (including phenoxy) is 1. The van der Waals surface area contributed by atoms with Crippen molar-refractivity contribution in [1.29, 1.82) is 0 Å². The van der Waals surface area contributed by atoms with Crippen molar-refractivity contribution in [3.63, 3.8) is 0 Å². The van der Waals surface area contributed by atoms with Crippen molar-refractivity contribution in [1.82, 2.24) is 0 Å². The van der Waals surface area contributed by atoms with Crippen LogP contribution in [0.15, 0.2) is 24.3 Å². The van der Waals surface area contributed by atoms with E-state index in [0.717, 1.165) is 5.56 Å². The molecule has 4 heteroatoms. The van der Waals surface area contributed by atoms with Crippen LogP contribution in [0.25, 0.3) is 0 Å². The van der Waals surface area contributed by atoms with Gasteiger partial charge in [0.15, 0.2) is 0 Å². The van der Waals surface area contributed by atoms with E-state index in [1.54, 1.807) is 12.1 Å². The van der Waals surface area contributed by atoms with Crippen molar-refractivity contribution >= 4 is 21.9 Å². The summed E-state index contributed by atoms with van der Waals surface area (Å²) in [6.45, 7) is 0. The Kier molecular flexibility index (Phi) is 4.07. The van der Waals surface area contributed by atoms with Crippen LogP contribution < -0.4 is 0 Å². The highest BCUT2D eigenvalue weighted by molar-refractivity contribution is 9.10. The second-order valence-electron chi connectivity index (χ2n) is 2.82. The quantitative estimate of drug-likeness (QED) is 0.616. The molecule has 0 saturated heterocycles. The Balaban J connectivity index is 2.60. The van der Waals surface area contributed by atoms with Gasteiger partial charge in [0.25, 0.3) is 0 Å². The van der Waals surface area contributed by atoms with Gasteiger partial charge < -0.3 is 4.74 Å². The molecule has 1 unspecified atom stereocenters. The molecule has 0 saturated carbocycles. The maximum Gasteiger partial charge on any atom is 0.319 e. The summed E-state index contributed by atoms with van der Waals surface area (Å²) in [5.41, 5.74) is 0.888. The highest BCUT2D eigenvalue weighted by Crippen LogP contribution is 2.12. The number of methoxy groups -OCH3 is 1. The van der Waals surface area contributed by atoms with E-state index in [1.165, 1.54) is 19.2 Å². The largest absolute Gasteiger partial charge is 0.468 e. The molecular formula is C10H10BrFO2. The summed E-state index contributed by atoms with van der Waals surface area (Å²) in [6.07, 6.45) is 0.493. The lowest BCUT2D eigenvalue weighted by Gasteiger charge is -2.06. The molecule has 2 nitrogen and oxygen atoms in total. The molecule has 0 spiro atoms. The van der Waals surface area contributed by atoms with E-state index in [2.05, 4.69) is 20.7 Å². The molecule has 0 radical (unpaired) electrons. The van der Waals surface area contributed by atoms with Gasteiger partial charge in [-0.2, -0.15) is 0 Å². The standard InChI is InChI=1S/C10H10BrFO2/c1-14-10(13)9(11)6-7-2-4-8(12)5-3-7/h2-5,9H,6H2,1H3. The monoisotopic (exact) mass is 260 g/mol. The third-order valence-corrected chi connectivity index (χ3v) is 2.48. The average Bonchev–Trinajstić information content (AvgIpc) is 2.20. The van der Waals surface area contributed by atoms with Gasteiger partial charge in [-0.15, -0.1) is 0 Å². The summed E-state index contributed by atoms with van der Waals surface area (Å²) in [6, 6.07) is 6.03. The number of halogens is 2. The lowest BCUT2D eigenvalue weighted by atomic mass is 10.1. The van der Waals surface area contributed by atoms with Crippen molar-refractivity contribution in [2.45, 2.75) is 11.2 Å². The minimum absolute atomic E-state index is 0.280. The molecule has 0 bridgehead atoms. The van der Waals surface area contributed by atoms with E-state index in [0.29, 0.717) is 6.42 Å². The third kappa shape index (κ3) is 3.10. The first-order chi connectivity index (χ1) is 6.63. The predicted molar refractivity (Wildman–Crippen MR) is 54.8 cm³/mol. The lowest BCUT2D eigenvalue weighted by molar-refractivity contribution is -0.139. The Hall–Kier alpha value is -0.900. The molecule has 14 heavy (non-hydrogen) atoms. The molecule has 0 heterocycles. The zero-order valence-corrected chi connectivity index (χ0v) is 9.25. The molecule has 0 aliphatic carbocycles. The number of carbonyl (C=O) groups excluding carboxylic acids is 1. The highest BCUT2D eigenvalue weighted by atomic mass is 79.9. The van der Waals surface area contributed by atoms with Gasteiger partial charge in [-0.05, 0) is 24.1 Å². The Morgan fingerprint density at radius 1 is 1.50 bits per heavy atom. The van der Waals surface area contributed by atoms with Crippen molar-refractivity contribution in [3.8, 4) is 0 Å². The number of esters is 1. The smallest absolute Gasteiger partial charge is 0.319 e. The fraction of sp³-hybridized carbons (Fsp3) is 0.300. The normalized spacial score (nSPS) is 12.2. The number of benzene rings is 1. The second-order valence-corrected chi connectivity index (χ2v) is 3.93. The van der Waals surface area contributed by atoms with Crippen molar-refractivity contribution in [2.75, 3.05) is 7.11 Å². The molecule has 0 aliphatic rings. The van der Waals surface area contributed by atoms with Crippen LogP contribution in [0.5, 0.6) is 0 Å². The van der Waals surface area contributed by atoms with Gasteiger partial charge in [0.05, 0.1) is 7.11 Å². The second kappa shape index (κ2) is 5.10. The van der Waals surface area contributed by atoms with Crippen LogP contribution in [0, 0.1) is 5.82 Å². The molecule has 0 aliphatic heterocycles. The number of rotatable bonds is 3. The van der Waals surface area contributed by atoms with Crippen molar-refractivity contribution in [3.05, 3.63) is 35.6 Å². The van der Waals surface area contributed by atoms with Crippen LogP contribution in [0.1, 0.15) is 5.56 Å². The average molecular weight is 261 g/mol.